The van der Waals surface area contributed by atoms with E-state index in [0.717, 1.165) is 6.29 Å². The Labute approximate surface area is 146 Å². The molecule has 0 saturated heterocycles. The summed E-state index contributed by atoms with van der Waals surface area (Å²) >= 11 is 4.24. The van der Waals surface area contributed by atoms with Gasteiger partial charge in [0.2, 0.25) is 0 Å². The van der Waals surface area contributed by atoms with Crippen molar-refractivity contribution in [1.29, 1.82) is 5.41 Å². The van der Waals surface area contributed by atoms with Crippen molar-refractivity contribution in [3.8, 4) is 0 Å². The number of rotatable bonds is 9. The first-order valence-corrected chi connectivity index (χ1v) is 7.88. The molecule has 1 unspecified atom stereocenters. The van der Waals surface area contributed by atoms with Crippen LogP contribution in [0, 0.1) is 11.3 Å². The fraction of sp³-hybridized carbons (Fsp3) is 0.400. The molecule has 0 aliphatic heterocycles. The predicted octanol–water partition coefficient (Wildman–Crippen LogP) is 1.82. The zero-order chi connectivity index (χ0) is 18.3. The second-order valence-electron chi connectivity index (χ2n) is 5.38. The maximum atomic E-state index is 11.5. The van der Waals surface area contributed by atoms with Crippen LogP contribution in [0.2, 0.25) is 0 Å². The Bertz CT molecular complexity index is 659. The molecule has 0 saturated carbocycles. The Morgan fingerprint density at radius 1 is 1.50 bits per heavy atom. The standard InChI is InChI=1S/C15H22N6O2S/c1-4-9(7-22)19-11-6-18-13(14(17)23)15(20-11)21-12(24)5-10(16)8(2)3/h5-9,16,24H,4H2,1-3H3,(H2,17,23)(H2,19,20,21)/b12-5-,16-10?. The van der Waals surface area contributed by atoms with Crippen LogP contribution in [0.5, 0.6) is 0 Å². The first-order chi connectivity index (χ1) is 11.3. The molecule has 1 rings (SSSR count). The number of anilines is 2. The first-order valence-electron chi connectivity index (χ1n) is 7.43. The molecule has 0 spiro atoms. The summed E-state index contributed by atoms with van der Waals surface area (Å²) in [5.74, 6) is -0.298. The molecule has 130 valence electrons. The second-order valence-corrected chi connectivity index (χ2v) is 5.86. The van der Waals surface area contributed by atoms with Crippen molar-refractivity contribution >= 4 is 42.2 Å². The average Bonchev–Trinajstić information content (AvgIpc) is 2.52. The summed E-state index contributed by atoms with van der Waals surface area (Å²) in [6.07, 6.45) is 4.19. The second kappa shape index (κ2) is 9.02. The van der Waals surface area contributed by atoms with Gasteiger partial charge in [-0.15, -0.1) is 12.6 Å². The molecule has 0 aliphatic carbocycles. The van der Waals surface area contributed by atoms with Crippen LogP contribution in [0.25, 0.3) is 0 Å². The Morgan fingerprint density at radius 3 is 2.67 bits per heavy atom. The van der Waals surface area contributed by atoms with Gasteiger partial charge in [-0.3, -0.25) is 4.79 Å². The van der Waals surface area contributed by atoms with Crippen molar-refractivity contribution in [2.75, 3.05) is 10.6 Å². The van der Waals surface area contributed by atoms with Crippen LogP contribution in [-0.2, 0) is 4.79 Å². The van der Waals surface area contributed by atoms with E-state index in [2.05, 4.69) is 33.2 Å². The lowest BCUT2D eigenvalue weighted by atomic mass is 10.1. The monoisotopic (exact) mass is 350 g/mol. The zero-order valence-electron chi connectivity index (χ0n) is 13.8. The van der Waals surface area contributed by atoms with Gasteiger partial charge in [0.05, 0.1) is 17.3 Å². The van der Waals surface area contributed by atoms with E-state index in [1.165, 1.54) is 12.3 Å². The van der Waals surface area contributed by atoms with Crippen molar-refractivity contribution in [2.45, 2.75) is 33.2 Å². The third kappa shape index (κ3) is 5.65. The molecule has 1 aromatic rings. The predicted molar refractivity (Wildman–Crippen MR) is 97.6 cm³/mol. The number of allylic oxidation sites excluding steroid dienone is 1. The van der Waals surface area contributed by atoms with Gasteiger partial charge in [0.1, 0.15) is 12.1 Å². The van der Waals surface area contributed by atoms with Crippen molar-refractivity contribution < 1.29 is 9.59 Å². The van der Waals surface area contributed by atoms with Gasteiger partial charge in [-0.2, -0.15) is 0 Å². The topological polar surface area (TPSA) is 134 Å². The molecule has 0 fully saturated rings. The van der Waals surface area contributed by atoms with E-state index in [0.29, 0.717) is 23.0 Å². The summed E-state index contributed by atoms with van der Waals surface area (Å²) in [6, 6.07) is -0.410. The summed E-state index contributed by atoms with van der Waals surface area (Å²) < 4.78 is 0. The number of aromatic nitrogens is 2. The number of carbonyl (C=O) groups is 2. The van der Waals surface area contributed by atoms with Crippen LogP contribution in [0.15, 0.2) is 17.3 Å². The SMILES string of the molecule is CCC(C=O)Nc1cnc(C(N)=O)c(N/C(S)=C/C(=N)C(C)C)n1. The molecular formula is C15H22N6O2S. The molecule has 0 radical (unpaired) electrons. The number of hydrogen-bond donors (Lipinski definition) is 5. The van der Waals surface area contributed by atoms with Crippen LogP contribution in [0.3, 0.4) is 0 Å². The highest BCUT2D eigenvalue weighted by molar-refractivity contribution is 7.84. The van der Waals surface area contributed by atoms with Gasteiger partial charge in [-0.1, -0.05) is 20.8 Å². The summed E-state index contributed by atoms with van der Waals surface area (Å²) in [5.41, 5.74) is 5.60. The van der Waals surface area contributed by atoms with Crippen molar-refractivity contribution in [2.24, 2.45) is 11.7 Å². The highest BCUT2D eigenvalue weighted by Gasteiger charge is 2.15. The summed E-state index contributed by atoms with van der Waals surface area (Å²) in [4.78, 5) is 30.6. The van der Waals surface area contributed by atoms with Crippen LogP contribution >= 0.6 is 12.6 Å². The smallest absolute Gasteiger partial charge is 0.271 e. The highest BCUT2D eigenvalue weighted by Crippen LogP contribution is 2.17. The lowest BCUT2D eigenvalue weighted by molar-refractivity contribution is -0.108. The molecular weight excluding hydrogens is 328 g/mol. The molecule has 8 nitrogen and oxygen atoms in total. The van der Waals surface area contributed by atoms with E-state index in [1.54, 1.807) is 0 Å². The number of primary amides is 1. The molecule has 1 atom stereocenters. The van der Waals surface area contributed by atoms with E-state index in [9.17, 15) is 9.59 Å². The number of nitrogens with one attached hydrogen (secondary N) is 3. The molecule has 1 heterocycles. The number of aldehydes is 1. The molecule has 0 aromatic carbocycles. The maximum absolute atomic E-state index is 11.5. The van der Waals surface area contributed by atoms with Crippen molar-refractivity contribution in [3.05, 3.63) is 23.0 Å². The van der Waals surface area contributed by atoms with E-state index >= 15 is 0 Å². The van der Waals surface area contributed by atoms with E-state index in [-0.39, 0.29) is 17.4 Å². The van der Waals surface area contributed by atoms with Crippen molar-refractivity contribution in [1.82, 2.24) is 9.97 Å². The van der Waals surface area contributed by atoms with E-state index in [4.69, 9.17) is 11.1 Å². The molecule has 0 aliphatic rings. The van der Waals surface area contributed by atoms with Gasteiger partial charge in [0.25, 0.3) is 5.91 Å². The Kier molecular flexibility index (Phi) is 7.37. The number of thiol groups is 1. The lowest BCUT2D eigenvalue weighted by Gasteiger charge is -2.14. The van der Waals surface area contributed by atoms with Gasteiger partial charge in [-0.05, 0) is 18.4 Å². The molecule has 24 heavy (non-hydrogen) atoms. The van der Waals surface area contributed by atoms with Gasteiger partial charge >= 0.3 is 0 Å². The minimum Gasteiger partial charge on any atom is -0.364 e. The Balaban J connectivity index is 3.11. The van der Waals surface area contributed by atoms with E-state index in [1.807, 2.05) is 20.8 Å². The van der Waals surface area contributed by atoms with Crippen LogP contribution in [0.4, 0.5) is 11.6 Å². The first kappa shape index (κ1) is 19.6. The third-order valence-electron chi connectivity index (χ3n) is 3.10. The van der Waals surface area contributed by atoms with Crippen LogP contribution < -0.4 is 16.4 Å². The zero-order valence-corrected chi connectivity index (χ0v) is 14.7. The minimum absolute atomic E-state index is 0.0292. The van der Waals surface area contributed by atoms with Gasteiger partial charge in [0.15, 0.2) is 11.5 Å². The van der Waals surface area contributed by atoms with E-state index < -0.39 is 11.9 Å². The number of carbonyl (C=O) groups excluding carboxylic acids is 2. The number of nitrogens with zero attached hydrogens (tertiary/aromatic N) is 2. The van der Waals surface area contributed by atoms with Crippen LogP contribution in [-0.4, -0.2) is 33.9 Å². The summed E-state index contributed by atoms with van der Waals surface area (Å²) in [6.45, 7) is 5.61. The minimum atomic E-state index is -0.751. The third-order valence-corrected chi connectivity index (χ3v) is 3.34. The summed E-state index contributed by atoms with van der Waals surface area (Å²) in [5, 5.41) is 13.8. The van der Waals surface area contributed by atoms with Gasteiger partial charge in [-0.25, -0.2) is 9.97 Å². The molecule has 5 N–H and O–H groups in total. The van der Waals surface area contributed by atoms with Crippen molar-refractivity contribution in [3.63, 3.8) is 0 Å². The highest BCUT2D eigenvalue weighted by atomic mass is 32.1. The number of nitrogens with two attached hydrogens (primary N) is 1. The lowest BCUT2D eigenvalue weighted by Crippen LogP contribution is -2.22. The molecule has 1 amide bonds. The fourth-order valence-electron chi connectivity index (χ4n) is 1.62. The maximum Gasteiger partial charge on any atom is 0.271 e. The number of hydrogen-bond acceptors (Lipinski definition) is 8. The number of amides is 1. The normalized spacial score (nSPS) is 12.6. The van der Waals surface area contributed by atoms with Gasteiger partial charge in [0, 0.05) is 5.71 Å². The van der Waals surface area contributed by atoms with Gasteiger partial charge < -0.3 is 26.6 Å². The quantitative estimate of drug-likeness (QED) is 0.262. The molecule has 9 heteroatoms. The largest absolute Gasteiger partial charge is 0.364 e. The van der Waals surface area contributed by atoms with Crippen LogP contribution in [0.1, 0.15) is 37.7 Å². The molecule has 0 bridgehead atoms. The fourth-order valence-corrected chi connectivity index (χ4v) is 1.86. The Morgan fingerprint density at radius 2 is 2.17 bits per heavy atom. The average molecular weight is 350 g/mol. The summed E-state index contributed by atoms with van der Waals surface area (Å²) in [7, 11) is 0. The Hall–Kier alpha value is -2.42. The molecule has 1 aromatic heterocycles.